The predicted octanol–water partition coefficient (Wildman–Crippen LogP) is 4.34. The summed E-state index contributed by atoms with van der Waals surface area (Å²) in [4.78, 5) is 2.60. The van der Waals surface area contributed by atoms with Gasteiger partial charge in [-0.2, -0.15) is 0 Å². The Labute approximate surface area is 114 Å². The number of benzene rings is 1. The molecule has 0 radical (unpaired) electrons. The van der Waals surface area contributed by atoms with Gasteiger partial charge in [-0.05, 0) is 44.2 Å². The normalized spacial score (nSPS) is 26.4. The van der Waals surface area contributed by atoms with E-state index in [0.29, 0.717) is 10.0 Å². The summed E-state index contributed by atoms with van der Waals surface area (Å²) in [5, 5.41) is 1.21. The lowest BCUT2D eigenvalue weighted by atomic mass is 10.3. The number of halogens is 2. The Kier molecular flexibility index (Phi) is 4.35. The first-order chi connectivity index (χ1) is 8.08. The molecule has 3 heteroatoms. The number of fused-ring (bicyclic) bond motifs is 1. The van der Waals surface area contributed by atoms with Gasteiger partial charge in [-0.3, -0.25) is 0 Å². The molecule has 0 bridgehead atoms. The van der Waals surface area contributed by atoms with Gasteiger partial charge in [0.1, 0.15) is 0 Å². The van der Waals surface area contributed by atoms with Crippen LogP contribution in [0.25, 0.3) is 0 Å². The van der Waals surface area contributed by atoms with Crippen molar-refractivity contribution >= 4 is 23.2 Å². The lowest BCUT2D eigenvalue weighted by Crippen LogP contribution is -2.29. The Hall–Kier alpha value is -0.240. The second-order valence-corrected chi connectivity index (χ2v) is 6.03. The average Bonchev–Trinajstić information content (AvgIpc) is 2.91. The SMILES string of the molecule is CC(C)N1CC2CC2C1.Clc1ccccc1Cl. The van der Waals surface area contributed by atoms with E-state index >= 15 is 0 Å². The molecule has 1 nitrogen and oxygen atoms in total. The topological polar surface area (TPSA) is 3.24 Å². The largest absolute Gasteiger partial charge is 0.300 e. The van der Waals surface area contributed by atoms with Crippen LogP contribution in [-0.2, 0) is 0 Å². The van der Waals surface area contributed by atoms with Crippen LogP contribution in [0.3, 0.4) is 0 Å². The molecular weight excluding hydrogens is 253 g/mol. The zero-order chi connectivity index (χ0) is 12.4. The maximum absolute atomic E-state index is 5.58. The van der Waals surface area contributed by atoms with Gasteiger partial charge in [0.25, 0.3) is 0 Å². The van der Waals surface area contributed by atoms with Crippen molar-refractivity contribution in [1.29, 1.82) is 0 Å². The van der Waals surface area contributed by atoms with E-state index in [4.69, 9.17) is 23.2 Å². The van der Waals surface area contributed by atoms with Gasteiger partial charge in [-0.25, -0.2) is 0 Å². The minimum absolute atomic E-state index is 0.606. The van der Waals surface area contributed by atoms with Crippen LogP contribution in [0.2, 0.25) is 10.0 Å². The quantitative estimate of drug-likeness (QED) is 0.735. The minimum atomic E-state index is 0.606. The molecule has 0 amide bonds. The van der Waals surface area contributed by atoms with Crippen molar-refractivity contribution in [2.24, 2.45) is 11.8 Å². The molecule has 0 spiro atoms. The molecule has 1 aliphatic heterocycles. The molecule has 3 rings (SSSR count). The summed E-state index contributed by atoms with van der Waals surface area (Å²) >= 11 is 11.2. The van der Waals surface area contributed by atoms with Gasteiger partial charge in [0.15, 0.2) is 0 Å². The summed E-state index contributed by atoms with van der Waals surface area (Å²) in [6.45, 7) is 7.38. The molecular formula is C14H19Cl2N. The van der Waals surface area contributed by atoms with Crippen molar-refractivity contribution in [2.45, 2.75) is 26.3 Å². The zero-order valence-corrected chi connectivity index (χ0v) is 11.9. The van der Waals surface area contributed by atoms with Gasteiger partial charge >= 0.3 is 0 Å². The molecule has 2 fully saturated rings. The summed E-state index contributed by atoms with van der Waals surface area (Å²) < 4.78 is 0. The number of hydrogen-bond donors (Lipinski definition) is 0. The van der Waals surface area contributed by atoms with Crippen LogP contribution in [0, 0.1) is 11.8 Å². The highest BCUT2D eigenvalue weighted by Gasteiger charge is 2.45. The van der Waals surface area contributed by atoms with E-state index in [1.54, 1.807) is 12.1 Å². The fourth-order valence-electron chi connectivity index (χ4n) is 2.30. The second-order valence-electron chi connectivity index (χ2n) is 5.22. The predicted molar refractivity (Wildman–Crippen MR) is 74.8 cm³/mol. The van der Waals surface area contributed by atoms with Crippen molar-refractivity contribution in [3.63, 3.8) is 0 Å². The number of piperidine rings is 1. The van der Waals surface area contributed by atoms with Gasteiger partial charge in [0.2, 0.25) is 0 Å². The highest BCUT2D eigenvalue weighted by atomic mass is 35.5. The van der Waals surface area contributed by atoms with Crippen molar-refractivity contribution in [3.8, 4) is 0 Å². The molecule has 94 valence electrons. The van der Waals surface area contributed by atoms with E-state index in [9.17, 15) is 0 Å². The number of likely N-dealkylation sites (tertiary alicyclic amines) is 1. The van der Waals surface area contributed by atoms with Crippen LogP contribution in [0.15, 0.2) is 24.3 Å². The van der Waals surface area contributed by atoms with Gasteiger partial charge < -0.3 is 4.90 Å². The van der Waals surface area contributed by atoms with Crippen LogP contribution in [0.5, 0.6) is 0 Å². The Balaban J connectivity index is 0.000000128. The summed E-state index contributed by atoms with van der Waals surface area (Å²) in [6.07, 6.45) is 1.53. The Morgan fingerprint density at radius 1 is 1.06 bits per heavy atom. The van der Waals surface area contributed by atoms with E-state index in [-0.39, 0.29) is 0 Å². The molecule has 1 heterocycles. The molecule has 1 saturated heterocycles. The maximum atomic E-state index is 5.58. The number of hydrogen-bond acceptors (Lipinski definition) is 1. The minimum Gasteiger partial charge on any atom is -0.300 e. The maximum Gasteiger partial charge on any atom is 0.0592 e. The first-order valence-electron chi connectivity index (χ1n) is 6.22. The van der Waals surface area contributed by atoms with Crippen LogP contribution >= 0.6 is 23.2 Å². The highest BCUT2D eigenvalue weighted by molar-refractivity contribution is 6.41. The highest BCUT2D eigenvalue weighted by Crippen LogP contribution is 2.45. The Morgan fingerprint density at radius 3 is 1.82 bits per heavy atom. The van der Waals surface area contributed by atoms with E-state index in [1.165, 1.54) is 19.5 Å². The lowest BCUT2D eigenvalue weighted by molar-refractivity contribution is 0.248. The average molecular weight is 272 g/mol. The van der Waals surface area contributed by atoms with Crippen LogP contribution in [-0.4, -0.2) is 24.0 Å². The Bertz CT molecular complexity index is 347. The lowest BCUT2D eigenvalue weighted by Gasteiger charge is -2.21. The molecule has 17 heavy (non-hydrogen) atoms. The molecule has 1 aromatic rings. The van der Waals surface area contributed by atoms with Crippen molar-refractivity contribution in [1.82, 2.24) is 4.90 Å². The molecule has 0 aromatic heterocycles. The standard InChI is InChI=1S/C8H15N.C6H4Cl2/c1-6(2)9-4-7-3-8(7)5-9;7-5-3-1-2-4-6(5)8/h6-8H,3-5H2,1-2H3;1-4H. The fraction of sp³-hybridized carbons (Fsp3) is 0.571. The third-order valence-corrected chi connectivity index (χ3v) is 4.32. The molecule has 0 N–H and O–H groups in total. The monoisotopic (exact) mass is 271 g/mol. The first-order valence-corrected chi connectivity index (χ1v) is 6.97. The zero-order valence-electron chi connectivity index (χ0n) is 10.4. The third kappa shape index (κ3) is 3.61. The van der Waals surface area contributed by atoms with Gasteiger partial charge in [0.05, 0.1) is 10.0 Å². The van der Waals surface area contributed by atoms with E-state index < -0.39 is 0 Å². The first kappa shape index (κ1) is 13.2. The molecule has 2 aliphatic rings. The summed E-state index contributed by atoms with van der Waals surface area (Å²) in [7, 11) is 0. The van der Waals surface area contributed by atoms with E-state index in [1.807, 2.05) is 12.1 Å². The fourth-order valence-corrected chi connectivity index (χ4v) is 2.57. The van der Waals surface area contributed by atoms with E-state index in [2.05, 4.69) is 18.7 Å². The number of nitrogens with zero attached hydrogens (tertiary/aromatic N) is 1. The number of rotatable bonds is 1. The second kappa shape index (κ2) is 5.60. The molecule has 2 atom stereocenters. The van der Waals surface area contributed by atoms with Crippen LogP contribution < -0.4 is 0 Å². The molecule has 1 aliphatic carbocycles. The smallest absolute Gasteiger partial charge is 0.0592 e. The van der Waals surface area contributed by atoms with Crippen LogP contribution in [0.1, 0.15) is 20.3 Å². The molecule has 1 aromatic carbocycles. The molecule has 2 unspecified atom stereocenters. The summed E-state index contributed by atoms with van der Waals surface area (Å²) in [6, 6.07) is 7.98. The van der Waals surface area contributed by atoms with Crippen LogP contribution in [0.4, 0.5) is 0 Å². The van der Waals surface area contributed by atoms with Crippen molar-refractivity contribution in [2.75, 3.05) is 13.1 Å². The van der Waals surface area contributed by atoms with Gasteiger partial charge in [-0.15, -0.1) is 0 Å². The Morgan fingerprint density at radius 2 is 1.53 bits per heavy atom. The summed E-state index contributed by atoms with van der Waals surface area (Å²) in [5.41, 5.74) is 0. The van der Waals surface area contributed by atoms with Crippen molar-refractivity contribution < 1.29 is 0 Å². The van der Waals surface area contributed by atoms with Gasteiger partial charge in [0, 0.05) is 19.1 Å². The van der Waals surface area contributed by atoms with E-state index in [0.717, 1.165) is 17.9 Å². The third-order valence-electron chi connectivity index (χ3n) is 3.56. The van der Waals surface area contributed by atoms with Crippen molar-refractivity contribution in [3.05, 3.63) is 34.3 Å². The molecule has 1 saturated carbocycles. The van der Waals surface area contributed by atoms with Gasteiger partial charge in [-0.1, -0.05) is 35.3 Å². The summed E-state index contributed by atoms with van der Waals surface area (Å²) in [5.74, 6) is 2.21.